The van der Waals surface area contributed by atoms with Crippen molar-refractivity contribution in [1.82, 2.24) is 0 Å². The Morgan fingerprint density at radius 3 is 2.75 bits per heavy atom. The molecule has 1 N–H and O–H groups in total. The molecule has 1 heterocycles. The van der Waals surface area contributed by atoms with E-state index in [1.165, 1.54) is 6.07 Å². The van der Waals surface area contributed by atoms with E-state index in [2.05, 4.69) is 0 Å². The van der Waals surface area contributed by atoms with Gasteiger partial charge in [0.25, 0.3) is 0 Å². The van der Waals surface area contributed by atoms with Gasteiger partial charge in [0, 0.05) is 17.0 Å². The number of halogens is 3. The molecule has 2 rings (SSSR count). The van der Waals surface area contributed by atoms with Crippen LogP contribution >= 0.6 is 11.6 Å². The van der Waals surface area contributed by atoms with Gasteiger partial charge in [-0.1, -0.05) is 17.7 Å². The van der Waals surface area contributed by atoms with Crippen LogP contribution in [-0.2, 0) is 0 Å². The van der Waals surface area contributed by atoms with Crippen LogP contribution in [0.3, 0.4) is 0 Å². The van der Waals surface area contributed by atoms with Crippen LogP contribution in [0.4, 0.5) is 8.78 Å². The number of aliphatic hydroxyl groups excluding tert-OH is 1. The van der Waals surface area contributed by atoms with E-state index in [0.717, 1.165) is 0 Å². The fourth-order valence-electron chi connectivity index (χ4n) is 1.81. The fourth-order valence-corrected chi connectivity index (χ4v) is 1.97. The average molecular weight is 249 g/mol. The first-order valence-electron chi connectivity index (χ1n) is 4.89. The number of alkyl halides is 2. The Bertz CT molecular complexity index is 394. The smallest absolute Gasteiger partial charge is 0.168 e. The van der Waals surface area contributed by atoms with Gasteiger partial charge in [-0.3, -0.25) is 0 Å². The second kappa shape index (κ2) is 4.18. The molecule has 5 heteroatoms. The van der Waals surface area contributed by atoms with Crippen LogP contribution in [0.2, 0.25) is 5.02 Å². The van der Waals surface area contributed by atoms with Crippen molar-refractivity contribution >= 4 is 11.6 Å². The van der Waals surface area contributed by atoms with E-state index < -0.39 is 25.1 Å². The standard InChI is InChI=1S/C11H11ClF2O2/c12-7-1-2-8-9(15)4-11(5-13,6-14)16-10(8)3-7/h1-3,9,15H,4-6H2. The van der Waals surface area contributed by atoms with E-state index in [9.17, 15) is 13.9 Å². The van der Waals surface area contributed by atoms with Gasteiger partial charge in [0.2, 0.25) is 0 Å². The summed E-state index contributed by atoms with van der Waals surface area (Å²) in [6.45, 7) is -1.96. The van der Waals surface area contributed by atoms with Gasteiger partial charge in [-0.2, -0.15) is 0 Å². The number of hydrogen-bond acceptors (Lipinski definition) is 2. The molecular formula is C11H11ClF2O2. The number of rotatable bonds is 2. The summed E-state index contributed by atoms with van der Waals surface area (Å²) in [6, 6.07) is 4.66. The Morgan fingerprint density at radius 1 is 1.44 bits per heavy atom. The van der Waals surface area contributed by atoms with E-state index >= 15 is 0 Å². The molecule has 1 aromatic carbocycles. The van der Waals surface area contributed by atoms with Gasteiger partial charge in [0.15, 0.2) is 5.60 Å². The Morgan fingerprint density at radius 2 is 2.12 bits per heavy atom. The number of benzene rings is 1. The molecule has 0 aliphatic carbocycles. The average Bonchev–Trinajstić information content (AvgIpc) is 2.28. The van der Waals surface area contributed by atoms with Crippen LogP contribution in [0.25, 0.3) is 0 Å². The molecule has 0 bridgehead atoms. The number of hydrogen-bond donors (Lipinski definition) is 1. The maximum absolute atomic E-state index is 12.8. The molecule has 0 aromatic heterocycles. The van der Waals surface area contributed by atoms with Crippen molar-refractivity contribution in [2.75, 3.05) is 13.3 Å². The van der Waals surface area contributed by atoms with Crippen LogP contribution in [0.15, 0.2) is 18.2 Å². The zero-order valence-electron chi connectivity index (χ0n) is 8.42. The summed E-state index contributed by atoms with van der Waals surface area (Å²) in [5, 5.41) is 10.2. The van der Waals surface area contributed by atoms with Crippen molar-refractivity contribution in [3.8, 4) is 5.75 Å². The van der Waals surface area contributed by atoms with Gasteiger partial charge in [0.05, 0.1) is 6.10 Å². The largest absolute Gasteiger partial charge is 0.481 e. The van der Waals surface area contributed by atoms with Crippen molar-refractivity contribution < 1.29 is 18.6 Å². The molecule has 0 radical (unpaired) electrons. The third-order valence-electron chi connectivity index (χ3n) is 2.71. The molecule has 0 fully saturated rings. The molecule has 0 spiro atoms. The highest BCUT2D eigenvalue weighted by Gasteiger charge is 2.41. The molecule has 0 saturated carbocycles. The van der Waals surface area contributed by atoms with E-state index in [0.29, 0.717) is 10.6 Å². The lowest BCUT2D eigenvalue weighted by Crippen LogP contribution is -2.45. The van der Waals surface area contributed by atoms with Crippen LogP contribution in [0.5, 0.6) is 5.75 Å². The monoisotopic (exact) mass is 248 g/mol. The Kier molecular flexibility index (Phi) is 3.04. The summed E-state index contributed by atoms with van der Waals surface area (Å²) >= 11 is 5.75. The molecule has 0 saturated heterocycles. The van der Waals surface area contributed by atoms with Crippen LogP contribution in [0, 0.1) is 0 Å². The SMILES string of the molecule is OC1CC(CF)(CF)Oc2cc(Cl)ccc21. The van der Waals surface area contributed by atoms with Crippen molar-refractivity contribution in [2.24, 2.45) is 0 Å². The molecule has 1 aliphatic rings. The lowest BCUT2D eigenvalue weighted by molar-refractivity contribution is -0.0443. The van der Waals surface area contributed by atoms with Crippen molar-refractivity contribution in [2.45, 2.75) is 18.1 Å². The molecule has 16 heavy (non-hydrogen) atoms. The van der Waals surface area contributed by atoms with Gasteiger partial charge >= 0.3 is 0 Å². The van der Waals surface area contributed by atoms with Gasteiger partial charge in [-0.05, 0) is 12.1 Å². The number of fused-ring (bicyclic) bond motifs is 1. The molecule has 0 amide bonds. The van der Waals surface area contributed by atoms with Gasteiger partial charge in [-0.25, -0.2) is 8.78 Å². The molecule has 2 nitrogen and oxygen atoms in total. The zero-order valence-corrected chi connectivity index (χ0v) is 9.18. The zero-order chi connectivity index (χ0) is 11.8. The first kappa shape index (κ1) is 11.6. The quantitative estimate of drug-likeness (QED) is 0.872. The first-order chi connectivity index (χ1) is 7.60. The normalized spacial score (nSPS) is 22.4. The molecular weight excluding hydrogens is 238 g/mol. The molecule has 88 valence electrons. The molecule has 1 atom stereocenters. The van der Waals surface area contributed by atoms with E-state index in [4.69, 9.17) is 16.3 Å². The van der Waals surface area contributed by atoms with Crippen LogP contribution in [-0.4, -0.2) is 24.1 Å². The lowest BCUT2D eigenvalue weighted by atomic mass is 9.91. The fraction of sp³-hybridized carbons (Fsp3) is 0.455. The van der Waals surface area contributed by atoms with E-state index in [1.807, 2.05) is 0 Å². The Hall–Kier alpha value is -0.870. The van der Waals surface area contributed by atoms with Crippen LogP contribution < -0.4 is 4.74 Å². The molecule has 1 unspecified atom stereocenters. The third kappa shape index (κ3) is 1.87. The first-order valence-corrected chi connectivity index (χ1v) is 5.26. The van der Waals surface area contributed by atoms with Crippen molar-refractivity contribution in [1.29, 1.82) is 0 Å². The highest BCUT2D eigenvalue weighted by atomic mass is 35.5. The summed E-state index contributed by atoms with van der Waals surface area (Å²) < 4.78 is 30.9. The number of aliphatic hydroxyl groups is 1. The second-order valence-electron chi connectivity index (χ2n) is 3.95. The maximum Gasteiger partial charge on any atom is 0.168 e. The minimum absolute atomic E-state index is 0.0887. The summed E-state index contributed by atoms with van der Waals surface area (Å²) in [4.78, 5) is 0. The Balaban J connectivity index is 2.41. The summed E-state index contributed by atoms with van der Waals surface area (Å²) in [7, 11) is 0. The van der Waals surface area contributed by atoms with E-state index in [1.54, 1.807) is 12.1 Å². The Labute approximate surface area is 96.8 Å². The summed E-state index contributed by atoms with van der Waals surface area (Å²) in [6.07, 6.45) is -1.01. The molecule has 1 aliphatic heterocycles. The second-order valence-corrected chi connectivity index (χ2v) is 4.39. The summed E-state index contributed by atoms with van der Waals surface area (Å²) in [5.41, 5.74) is -1.06. The van der Waals surface area contributed by atoms with Gasteiger partial charge < -0.3 is 9.84 Å². The van der Waals surface area contributed by atoms with E-state index in [-0.39, 0.29) is 12.2 Å². The predicted molar refractivity (Wildman–Crippen MR) is 56.3 cm³/mol. The minimum atomic E-state index is -1.57. The lowest BCUT2D eigenvalue weighted by Gasteiger charge is -2.37. The third-order valence-corrected chi connectivity index (χ3v) is 2.95. The number of ether oxygens (including phenoxy) is 1. The maximum atomic E-state index is 12.8. The van der Waals surface area contributed by atoms with Gasteiger partial charge in [0.1, 0.15) is 19.1 Å². The minimum Gasteiger partial charge on any atom is -0.481 e. The van der Waals surface area contributed by atoms with Crippen LogP contribution in [0.1, 0.15) is 18.1 Å². The van der Waals surface area contributed by atoms with Gasteiger partial charge in [-0.15, -0.1) is 0 Å². The highest BCUT2D eigenvalue weighted by Crippen LogP contribution is 2.41. The van der Waals surface area contributed by atoms with Crippen molar-refractivity contribution in [3.05, 3.63) is 28.8 Å². The summed E-state index contributed by atoms with van der Waals surface area (Å²) in [5.74, 6) is 0.251. The highest BCUT2D eigenvalue weighted by molar-refractivity contribution is 6.30. The predicted octanol–water partition coefficient (Wildman–Crippen LogP) is 2.83. The molecule has 1 aromatic rings. The van der Waals surface area contributed by atoms with Crippen molar-refractivity contribution in [3.63, 3.8) is 0 Å². The topological polar surface area (TPSA) is 29.5 Å².